The Labute approximate surface area is 165 Å². The lowest BCUT2D eigenvalue weighted by atomic mass is 10.3. The third-order valence-electron chi connectivity index (χ3n) is 4.25. The van der Waals surface area contributed by atoms with Gasteiger partial charge < -0.3 is 4.90 Å². The molecule has 0 aliphatic rings. The van der Waals surface area contributed by atoms with Crippen LogP contribution in [0.4, 0.5) is 11.4 Å². The van der Waals surface area contributed by atoms with Crippen molar-refractivity contribution in [2.24, 2.45) is 0 Å². The summed E-state index contributed by atoms with van der Waals surface area (Å²) in [5, 5.41) is 11.9. The van der Waals surface area contributed by atoms with Crippen molar-refractivity contribution < 1.29 is 4.92 Å². The van der Waals surface area contributed by atoms with Crippen molar-refractivity contribution >= 4 is 34.3 Å². The molecule has 0 fully saturated rings. The molecule has 0 aliphatic carbocycles. The Hall–Kier alpha value is -3.39. The van der Waals surface area contributed by atoms with Crippen LogP contribution in [0.2, 0.25) is 0 Å². The van der Waals surface area contributed by atoms with Gasteiger partial charge in [-0.25, -0.2) is 9.97 Å². The molecule has 0 spiro atoms. The van der Waals surface area contributed by atoms with Gasteiger partial charge in [-0.05, 0) is 42.5 Å². The van der Waals surface area contributed by atoms with E-state index >= 15 is 0 Å². The van der Waals surface area contributed by atoms with Gasteiger partial charge in [0.25, 0.3) is 5.69 Å². The maximum Gasteiger partial charge on any atom is 0.271 e. The smallest absolute Gasteiger partial charge is 0.271 e. The van der Waals surface area contributed by atoms with E-state index < -0.39 is 4.92 Å². The number of nitro benzene ring substituents is 1. The van der Waals surface area contributed by atoms with Gasteiger partial charge in [-0.1, -0.05) is 17.8 Å². The van der Waals surface area contributed by atoms with Crippen molar-refractivity contribution in [3.05, 3.63) is 77.0 Å². The highest BCUT2D eigenvalue weighted by atomic mass is 32.2. The van der Waals surface area contributed by atoms with Crippen molar-refractivity contribution in [1.29, 1.82) is 0 Å². The van der Waals surface area contributed by atoms with Gasteiger partial charge in [-0.15, -0.1) is 0 Å². The fraction of sp³-hybridized carbons (Fsp3) is 0.100. The number of fused-ring (bicyclic) bond motifs is 1. The molecule has 0 saturated heterocycles. The first-order chi connectivity index (χ1) is 13.5. The van der Waals surface area contributed by atoms with Gasteiger partial charge in [0, 0.05) is 43.0 Å². The van der Waals surface area contributed by atoms with Crippen LogP contribution in [0.1, 0.15) is 0 Å². The molecular formula is C20H17N5O2S. The van der Waals surface area contributed by atoms with Crippen molar-refractivity contribution in [2.45, 2.75) is 10.1 Å². The number of imidazole rings is 1. The first-order valence-corrected chi connectivity index (χ1v) is 9.38. The van der Waals surface area contributed by atoms with Crippen molar-refractivity contribution in [3.63, 3.8) is 0 Å². The summed E-state index contributed by atoms with van der Waals surface area (Å²) in [7, 11) is 3.99. The topological polar surface area (TPSA) is 77.1 Å². The third-order valence-corrected chi connectivity index (χ3v) is 5.21. The molecule has 8 heteroatoms. The maximum absolute atomic E-state index is 11.2. The van der Waals surface area contributed by atoms with Crippen LogP contribution < -0.4 is 4.90 Å². The van der Waals surface area contributed by atoms with Gasteiger partial charge in [0.1, 0.15) is 5.52 Å². The van der Waals surface area contributed by atoms with E-state index in [1.165, 1.54) is 23.9 Å². The molecule has 2 heterocycles. The highest BCUT2D eigenvalue weighted by Crippen LogP contribution is 2.33. The fourth-order valence-electron chi connectivity index (χ4n) is 2.86. The van der Waals surface area contributed by atoms with Crippen molar-refractivity contribution in [2.75, 3.05) is 19.0 Å². The molecule has 2 aromatic heterocycles. The number of anilines is 1. The van der Waals surface area contributed by atoms with Gasteiger partial charge in [0.2, 0.25) is 0 Å². The molecule has 0 N–H and O–H groups in total. The molecular weight excluding hydrogens is 374 g/mol. The van der Waals surface area contributed by atoms with E-state index in [1.807, 2.05) is 66.0 Å². The van der Waals surface area contributed by atoms with Crippen molar-refractivity contribution in [1.82, 2.24) is 14.5 Å². The Morgan fingerprint density at radius 3 is 2.57 bits per heavy atom. The van der Waals surface area contributed by atoms with Crippen LogP contribution in [-0.4, -0.2) is 33.6 Å². The number of pyridine rings is 1. The highest BCUT2D eigenvalue weighted by Gasteiger charge is 2.17. The average Bonchev–Trinajstić information content (AvgIpc) is 3.06. The Bertz CT molecular complexity index is 1150. The minimum absolute atomic E-state index is 0.0292. The normalized spacial score (nSPS) is 10.9. The zero-order valence-electron chi connectivity index (χ0n) is 15.3. The molecule has 0 saturated carbocycles. The van der Waals surface area contributed by atoms with Crippen LogP contribution in [-0.2, 0) is 0 Å². The first kappa shape index (κ1) is 18.0. The Morgan fingerprint density at radius 2 is 1.86 bits per heavy atom. The summed E-state index contributed by atoms with van der Waals surface area (Å²) in [4.78, 5) is 23.0. The third kappa shape index (κ3) is 3.41. The Morgan fingerprint density at radius 1 is 1.07 bits per heavy atom. The molecule has 0 amide bonds. The second kappa shape index (κ2) is 7.32. The quantitative estimate of drug-likeness (QED) is 0.367. The summed E-state index contributed by atoms with van der Waals surface area (Å²) in [5.74, 6) is 0. The number of rotatable bonds is 5. The van der Waals surface area contributed by atoms with Gasteiger partial charge in [0.15, 0.2) is 10.8 Å². The molecule has 0 bridgehead atoms. The lowest BCUT2D eigenvalue weighted by Gasteiger charge is -2.12. The molecule has 4 aromatic rings. The molecule has 4 rings (SSSR count). The molecule has 0 unspecified atom stereocenters. The van der Waals surface area contributed by atoms with Crippen LogP contribution in [0, 0.1) is 10.1 Å². The Balaban J connectivity index is 1.81. The van der Waals surface area contributed by atoms with E-state index in [0.29, 0.717) is 16.5 Å². The maximum atomic E-state index is 11.2. The predicted molar refractivity (Wildman–Crippen MR) is 110 cm³/mol. The summed E-state index contributed by atoms with van der Waals surface area (Å²) >= 11 is 1.49. The molecule has 0 aliphatic heterocycles. The first-order valence-electron chi connectivity index (χ1n) is 8.56. The minimum atomic E-state index is -0.400. The van der Waals surface area contributed by atoms with E-state index in [1.54, 1.807) is 12.3 Å². The van der Waals surface area contributed by atoms with Gasteiger partial charge in [-0.3, -0.25) is 14.7 Å². The van der Waals surface area contributed by atoms with E-state index in [0.717, 1.165) is 16.1 Å². The summed E-state index contributed by atoms with van der Waals surface area (Å²) in [5.41, 5.74) is 3.19. The number of non-ortho nitro benzene ring substituents is 1. The second-order valence-corrected chi connectivity index (χ2v) is 7.38. The summed E-state index contributed by atoms with van der Waals surface area (Å²) < 4.78 is 1.85. The lowest BCUT2D eigenvalue weighted by molar-refractivity contribution is -0.384. The zero-order chi connectivity index (χ0) is 19.7. The van der Waals surface area contributed by atoms with Crippen LogP contribution >= 0.6 is 11.8 Å². The van der Waals surface area contributed by atoms with Crippen LogP contribution in [0.3, 0.4) is 0 Å². The number of nitrogens with zero attached hydrogens (tertiary/aromatic N) is 5. The van der Waals surface area contributed by atoms with Crippen molar-refractivity contribution in [3.8, 4) is 5.69 Å². The minimum Gasteiger partial charge on any atom is -0.378 e. The number of hydrogen-bond acceptors (Lipinski definition) is 6. The van der Waals surface area contributed by atoms with Crippen LogP contribution in [0.15, 0.2) is 76.9 Å². The SMILES string of the molecule is CN(C)c1ccc(Sc2nc3cccnc3n2-c2cccc([N+](=O)[O-])c2)cc1. The van der Waals surface area contributed by atoms with Gasteiger partial charge >= 0.3 is 0 Å². The predicted octanol–water partition coefficient (Wildman–Crippen LogP) is 4.55. The largest absolute Gasteiger partial charge is 0.378 e. The molecule has 7 nitrogen and oxygen atoms in total. The number of benzene rings is 2. The second-order valence-electron chi connectivity index (χ2n) is 6.34. The molecule has 2 aromatic carbocycles. The number of nitro groups is 1. The standard InChI is InChI=1S/C20H17N5O2S/c1-23(2)14-8-10-17(11-9-14)28-20-22-18-7-4-12-21-19(18)24(20)15-5-3-6-16(13-15)25(26)27/h3-13H,1-2H3. The Kier molecular flexibility index (Phi) is 4.70. The van der Waals surface area contributed by atoms with Gasteiger partial charge in [-0.2, -0.15) is 0 Å². The summed E-state index contributed by atoms with van der Waals surface area (Å²) in [6.45, 7) is 0. The lowest BCUT2D eigenvalue weighted by Crippen LogP contribution is -2.07. The van der Waals surface area contributed by atoms with E-state index in [2.05, 4.69) is 4.98 Å². The molecule has 140 valence electrons. The van der Waals surface area contributed by atoms with E-state index in [4.69, 9.17) is 4.98 Å². The van der Waals surface area contributed by atoms with E-state index in [9.17, 15) is 10.1 Å². The highest BCUT2D eigenvalue weighted by molar-refractivity contribution is 7.99. The monoisotopic (exact) mass is 391 g/mol. The van der Waals surface area contributed by atoms with Crippen LogP contribution in [0.5, 0.6) is 0 Å². The summed E-state index contributed by atoms with van der Waals surface area (Å²) in [6.07, 6.45) is 1.69. The zero-order valence-corrected chi connectivity index (χ0v) is 16.1. The van der Waals surface area contributed by atoms with Gasteiger partial charge in [0.05, 0.1) is 10.6 Å². The van der Waals surface area contributed by atoms with E-state index in [-0.39, 0.29) is 5.69 Å². The average molecular weight is 391 g/mol. The number of hydrogen-bond donors (Lipinski definition) is 0. The fourth-order valence-corrected chi connectivity index (χ4v) is 3.77. The molecule has 0 radical (unpaired) electrons. The van der Waals surface area contributed by atoms with Crippen LogP contribution in [0.25, 0.3) is 16.9 Å². The molecule has 0 atom stereocenters. The molecule has 28 heavy (non-hydrogen) atoms. The number of aromatic nitrogens is 3. The summed E-state index contributed by atoms with van der Waals surface area (Å²) in [6, 6.07) is 18.4.